The summed E-state index contributed by atoms with van der Waals surface area (Å²) in [7, 11) is 0. The predicted octanol–water partition coefficient (Wildman–Crippen LogP) is 2.74. The van der Waals surface area contributed by atoms with Gasteiger partial charge in [0.2, 0.25) is 0 Å². The van der Waals surface area contributed by atoms with E-state index in [2.05, 4.69) is 6.92 Å². The maximum absolute atomic E-state index is 9.92. The molecule has 2 heteroatoms. The van der Waals surface area contributed by atoms with Gasteiger partial charge in [-0.15, -0.1) is 0 Å². The molecule has 2 fully saturated rings. The summed E-state index contributed by atoms with van der Waals surface area (Å²) in [5.41, 5.74) is 0. The van der Waals surface area contributed by atoms with Crippen LogP contribution in [0.1, 0.15) is 51.9 Å². The predicted molar refractivity (Wildman–Crippen MR) is 60.7 cm³/mol. The summed E-state index contributed by atoms with van der Waals surface area (Å²) in [6, 6.07) is 0. The minimum atomic E-state index is -0.0393. The number of hydrogen-bond donors (Lipinski definition) is 1. The number of aliphatic hydroxyl groups excluding tert-OH is 1. The van der Waals surface area contributed by atoms with E-state index in [1.165, 1.54) is 25.7 Å². The zero-order valence-corrected chi connectivity index (χ0v) is 9.82. The van der Waals surface area contributed by atoms with Crippen LogP contribution >= 0.6 is 0 Å². The van der Waals surface area contributed by atoms with Gasteiger partial charge in [-0.05, 0) is 56.8 Å². The van der Waals surface area contributed by atoms with E-state index in [0.29, 0.717) is 12.0 Å². The fourth-order valence-corrected chi connectivity index (χ4v) is 3.06. The number of hydrogen-bond acceptors (Lipinski definition) is 2. The van der Waals surface area contributed by atoms with Crippen LogP contribution in [0, 0.1) is 11.8 Å². The molecule has 4 atom stereocenters. The zero-order chi connectivity index (χ0) is 10.7. The van der Waals surface area contributed by atoms with Gasteiger partial charge in [-0.3, -0.25) is 0 Å². The molecule has 1 saturated carbocycles. The maximum Gasteiger partial charge on any atom is 0.0576 e. The van der Waals surface area contributed by atoms with E-state index < -0.39 is 0 Å². The Bertz CT molecular complexity index is 187. The van der Waals surface area contributed by atoms with Gasteiger partial charge < -0.3 is 9.84 Å². The van der Waals surface area contributed by atoms with Gasteiger partial charge in [-0.25, -0.2) is 0 Å². The molecule has 4 unspecified atom stereocenters. The third-order valence-corrected chi connectivity index (χ3v) is 4.09. The van der Waals surface area contributed by atoms with Crippen LogP contribution in [0.3, 0.4) is 0 Å². The van der Waals surface area contributed by atoms with Gasteiger partial charge in [0.05, 0.1) is 12.2 Å². The van der Waals surface area contributed by atoms with E-state index >= 15 is 0 Å². The molecule has 2 nitrogen and oxygen atoms in total. The fourth-order valence-electron chi connectivity index (χ4n) is 3.06. The lowest BCUT2D eigenvalue weighted by Crippen LogP contribution is -2.28. The molecule has 0 aromatic heterocycles. The Morgan fingerprint density at radius 3 is 2.80 bits per heavy atom. The Morgan fingerprint density at radius 2 is 2.07 bits per heavy atom. The third kappa shape index (κ3) is 3.18. The van der Waals surface area contributed by atoms with Crippen LogP contribution in [0.15, 0.2) is 0 Å². The first kappa shape index (κ1) is 11.4. The second kappa shape index (κ2) is 5.31. The van der Waals surface area contributed by atoms with Crippen LogP contribution in [0.5, 0.6) is 0 Å². The average Bonchev–Trinajstić information content (AvgIpc) is 2.72. The average molecular weight is 212 g/mol. The molecule has 15 heavy (non-hydrogen) atoms. The number of rotatable bonds is 3. The lowest BCUT2D eigenvalue weighted by molar-refractivity contribution is 0.0331. The van der Waals surface area contributed by atoms with Crippen molar-refractivity contribution >= 4 is 0 Å². The summed E-state index contributed by atoms with van der Waals surface area (Å²) in [5.74, 6) is 1.35. The molecular formula is C13H24O2. The molecule has 0 aromatic carbocycles. The highest BCUT2D eigenvalue weighted by molar-refractivity contribution is 4.79. The Hall–Kier alpha value is -0.0800. The fraction of sp³-hybridized carbons (Fsp3) is 1.00. The van der Waals surface area contributed by atoms with Crippen LogP contribution in [0.4, 0.5) is 0 Å². The van der Waals surface area contributed by atoms with Crippen molar-refractivity contribution in [2.75, 3.05) is 6.61 Å². The van der Waals surface area contributed by atoms with Crippen LogP contribution < -0.4 is 0 Å². The van der Waals surface area contributed by atoms with Gasteiger partial charge in [0, 0.05) is 6.61 Å². The van der Waals surface area contributed by atoms with Crippen molar-refractivity contribution in [2.45, 2.75) is 64.1 Å². The highest BCUT2D eigenvalue weighted by Crippen LogP contribution is 2.33. The molecule has 0 spiro atoms. The van der Waals surface area contributed by atoms with Crippen LogP contribution in [-0.4, -0.2) is 23.9 Å². The summed E-state index contributed by atoms with van der Waals surface area (Å²) in [6.07, 6.45) is 8.68. The van der Waals surface area contributed by atoms with Crippen LogP contribution in [-0.2, 0) is 4.74 Å². The maximum atomic E-state index is 9.92. The summed E-state index contributed by atoms with van der Waals surface area (Å²) < 4.78 is 5.62. The van der Waals surface area contributed by atoms with Crippen LogP contribution in [0.25, 0.3) is 0 Å². The molecule has 1 heterocycles. The molecule has 0 aromatic rings. The Kier molecular flexibility index (Phi) is 4.04. The minimum Gasteiger partial charge on any atom is -0.393 e. The van der Waals surface area contributed by atoms with Crippen molar-refractivity contribution in [3.05, 3.63) is 0 Å². The van der Waals surface area contributed by atoms with Crippen molar-refractivity contribution in [3.8, 4) is 0 Å². The SMILES string of the molecule is CC1CCC(O)C(CCC2CCCO2)C1. The van der Waals surface area contributed by atoms with E-state index in [0.717, 1.165) is 31.8 Å². The van der Waals surface area contributed by atoms with E-state index in [1.54, 1.807) is 0 Å². The molecule has 0 radical (unpaired) electrons. The third-order valence-electron chi connectivity index (χ3n) is 4.09. The molecule has 1 N–H and O–H groups in total. The highest BCUT2D eigenvalue weighted by atomic mass is 16.5. The summed E-state index contributed by atoms with van der Waals surface area (Å²) in [4.78, 5) is 0. The monoisotopic (exact) mass is 212 g/mol. The van der Waals surface area contributed by atoms with Crippen molar-refractivity contribution < 1.29 is 9.84 Å². The first-order valence-electron chi connectivity index (χ1n) is 6.55. The van der Waals surface area contributed by atoms with Gasteiger partial charge in [0.15, 0.2) is 0 Å². The van der Waals surface area contributed by atoms with E-state index in [4.69, 9.17) is 4.74 Å². The normalized spacial score (nSPS) is 42.0. The zero-order valence-electron chi connectivity index (χ0n) is 9.82. The van der Waals surface area contributed by atoms with Crippen molar-refractivity contribution in [1.82, 2.24) is 0 Å². The highest BCUT2D eigenvalue weighted by Gasteiger charge is 2.28. The van der Waals surface area contributed by atoms with E-state index in [1.807, 2.05) is 0 Å². The molecule has 0 amide bonds. The standard InChI is InChI=1S/C13H24O2/c1-10-4-7-13(14)11(9-10)5-6-12-3-2-8-15-12/h10-14H,2-9H2,1H3. The Balaban J connectivity index is 1.72. The lowest BCUT2D eigenvalue weighted by atomic mass is 9.78. The molecule has 2 aliphatic rings. The summed E-state index contributed by atoms with van der Waals surface area (Å²) >= 11 is 0. The molecular weight excluding hydrogens is 188 g/mol. The van der Waals surface area contributed by atoms with Crippen molar-refractivity contribution in [2.24, 2.45) is 11.8 Å². The smallest absolute Gasteiger partial charge is 0.0576 e. The second-order valence-electron chi connectivity index (χ2n) is 5.46. The molecule has 0 bridgehead atoms. The van der Waals surface area contributed by atoms with Crippen LogP contribution in [0.2, 0.25) is 0 Å². The number of aliphatic hydroxyl groups is 1. The first-order chi connectivity index (χ1) is 7.25. The number of ether oxygens (including phenoxy) is 1. The molecule has 88 valence electrons. The Labute approximate surface area is 93.0 Å². The summed E-state index contributed by atoms with van der Waals surface area (Å²) in [6.45, 7) is 3.26. The minimum absolute atomic E-state index is 0.0393. The van der Waals surface area contributed by atoms with Gasteiger partial charge in [-0.2, -0.15) is 0 Å². The van der Waals surface area contributed by atoms with Crippen molar-refractivity contribution in [3.63, 3.8) is 0 Å². The molecule has 1 aliphatic heterocycles. The second-order valence-corrected chi connectivity index (χ2v) is 5.46. The van der Waals surface area contributed by atoms with Gasteiger partial charge >= 0.3 is 0 Å². The quantitative estimate of drug-likeness (QED) is 0.779. The van der Waals surface area contributed by atoms with Gasteiger partial charge in [0.1, 0.15) is 0 Å². The molecule has 1 saturated heterocycles. The topological polar surface area (TPSA) is 29.5 Å². The summed E-state index contributed by atoms with van der Waals surface area (Å²) in [5, 5.41) is 9.92. The first-order valence-corrected chi connectivity index (χ1v) is 6.55. The molecule has 2 rings (SSSR count). The van der Waals surface area contributed by atoms with Gasteiger partial charge in [-0.1, -0.05) is 6.92 Å². The Morgan fingerprint density at radius 1 is 1.20 bits per heavy atom. The van der Waals surface area contributed by atoms with E-state index in [-0.39, 0.29) is 6.10 Å². The van der Waals surface area contributed by atoms with Gasteiger partial charge in [0.25, 0.3) is 0 Å². The van der Waals surface area contributed by atoms with E-state index in [9.17, 15) is 5.11 Å². The lowest BCUT2D eigenvalue weighted by Gasteiger charge is -2.32. The van der Waals surface area contributed by atoms with Crippen molar-refractivity contribution in [1.29, 1.82) is 0 Å². The largest absolute Gasteiger partial charge is 0.393 e. The molecule has 1 aliphatic carbocycles.